The van der Waals surface area contributed by atoms with E-state index in [4.69, 9.17) is 0 Å². The molecule has 0 atom stereocenters. The molecular weight excluding hydrogens is 286 g/mol. The van der Waals surface area contributed by atoms with Gasteiger partial charge in [0.05, 0.1) is 4.90 Å². The van der Waals surface area contributed by atoms with Crippen LogP contribution in [0.1, 0.15) is 22.8 Å². The molecule has 0 unspecified atom stereocenters. The van der Waals surface area contributed by atoms with Crippen LogP contribution >= 0.6 is 0 Å². The minimum absolute atomic E-state index is 0.218. The maximum atomic E-state index is 12.1. The zero-order chi connectivity index (χ0) is 15.5. The third kappa shape index (κ3) is 3.92. The molecule has 0 aliphatic rings. The van der Waals surface area contributed by atoms with E-state index in [1.807, 2.05) is 12.1 Å². The van der Waals surface area contributed by atoms with Crippen molar-refractivity contribution in [3.63, 3.8) is 0 Å². The topological polar surface area (TPSA) is 63.2 Å². The molecule has 0 aromatic heterocycles. The zero-order valence-corrected chi connectivity index (χ0v) is 12.8. The molecule has 2 rings (SSSR count). The number of carbonyl (C=O) groups excluding carboxylic acids is 1. The predicted molar refractivity (Wildman–Crippen MR) is 83.3 cm³/mol. The number of carbonyl (C=O) groups is 1. The number of anilines is 1. The van der Waals surface area contributed by atoms with Gasteiger partial charge in [-0.3, -0.25) is 4.79 Å². The van der Waals surface area contributed by atoms with Crippen LogP contribution in [0.15, 0.2) is 53.4 Å². The number of sulfone groups is 1. The van der Waals surface area contributed by atoms with Gasteiger partial charge in [0.2, 0.25) is 0 Å². The molecule has 0 saturated carbocycles. The molecule has 0 aliphatic heterocycles. The van der Waals surface area contributed by atoms with E-state index in [1.54, 1.807) is 24.3 Å². The maximum Gasteiger partial charge on any atom is 0.255 e. The molecule has 0 spiro atoms. The molecule has 21 heavy (non-hydrogen) atoms. The average molecular weight is 303 g/mol. The molecule has 4 nitrogen and oxygen atoms in total. The van der Waals surface area contributed by atoms with Gasteiger partial charge in [-0.15, -0.1) is 0 Å². The van der Waals surface area contributed by atoms with Gasteiger partial charge in [-0.2, -0.15) is 0 Å². The van der Waals surface area contributed by atoms with E-state index in [0.29, 0.717) is 11.3 Å². The fourth-order valence-corrected chi connectivity index (χ4v) is 2.51. The van der Waals surface area contributed by atoms with Crippen LogP contribution in [-0.2, 0) is 16.3 Å². The molecule has 0 bridgehead atoms. The molecule has 110 valence electrons. The Labute approximate surface area is 124 Å². The smallest absolute Gasteiger partial charge is 0.255 e. The molecule has 0 heterocycles. The number of benzene rings is 2. The van der Waals surface area contributed by atoms with Crippen LogP contribution in [-0.4, -0.2) is 20.6 Å². The van der Waals surface area contributed by atoms with E-state index in [0.717, 1.165) is 12.7 Å². The monoisotopic (exact) mass is 303 g/mol. The first-order valence-electron chi connectivity index (χ1n) is 6.60. The minimum Gasteiger partial charge on any atom is -0.322 e. The minimum atomic E-state index is -3.22. The third-order valence-corrected chi connectivity index (χ3v) is 4.29. The Morgan fingerprint density at radius 3 is 2.05 bits per heavy atom. The Kier molecular flexibility index (Phi) is 4.43. The highest BCUT2D eigenvalue weighted by molar-refractivity contribution is 7.90. The maximum absolute atomic E-state index is 12.1. The van der Waals surface area contributed by atoms with Gasteiger partial charge in [0.1, 0.15) is 0 Å². The van der Waals surface area contributed by atoms with Gasteiger partial charge in [0.25, 0.3) is 5.91 Å². The molecule has 0 radical (unpaired) electrons. The summed E-state index contributed by atoms with van der Waals surface area (Å²) in [7, 11) is -3.22. The van der Waals surface area contributed by atoms with Gasteiger partial charge in [-0.25, -0.2) is 8.42 Å². The van der Waals surface area contributed by atoms with Crippen LogP contribution < -0.4 is 5.32 Å². The van der Waals surface area contributed by atoms with Crippen molar-refractivity contribution in [2.75, 3.05) is 11.6 Å². The fourth-order valence-electron chi connectivity index (χ4n) is 1.88. The van der Waals surface area contributed by atoms with Crippen LogP contribution in [0.5, 0.6) is 0 Å². The Morgan fingerprint density at radius 2 is 1.57 bits per heavy atom. The van der Waals surface area contributed by atoms with Crippen molar-refractivity contribution in [2.24, 2.45) is 0 Å². The number of hydrogen-bond acceptors (Lipinski definition) is 3. The summed E-state index contributed by atoms with van der Waals surface area (Å²) < 4.78 is 22.7. The normalized spacial score (nSPS) is 11.1. The Balaban J connectivity index is 2.12. The molecule has 1 N–H and O–H groups in total. The number of hydrogen-bond donors (Lipinski definition) is 1. The first kappa shape index (κ1) is 15.3. The first-order chi connectivity index (χ1) is 9.90. The lowest BCUT2D eigenvalue weighted by atomic mass is 10.1. The number of aryl methyl sites for hydroxylation is 1. The molecule has 2 aromatic carbocycles. The van der Waals surface area contributed by atoms with Crippen molar-refractivity contribution in [1.29, 1.82) is 0 Å². The molecule has 0 aliphatic carbocycles. The van der Waals surface area contributed by atoms with E-state index in [2.05, 4.69) is 12.2 Å². The first-order valence-corrected chi connectivity index (χ1v) is 8.49. The van der Waals surface area contributed by atoms with Crippen molar-refractivity contribution in [3.8, 4) is 0 Å². The quantitative estimate of drug-likeness (QED) is 0.944. The van der Waals surface area contributed by atoms with E-state index in [-0.39, 0.29) is 10.8 Å². The Morgan fingerprint density at radius 1 is 1.00 bits per heavy atom. The predicted octanol–water partition coefficient (Wildman–Crippen LogP) is 2.90. The SMILES string of the molecule is CCc1ccc(C(=O)Nc2ccc(S(C)(=O)=O)cc2)cc1. The lowest BCUT2D eigenvalue weighted by molar-refractivity contribution is 0.102. The summed E-state index contributed by atoms with van der Waals surface area (Å²) in [6.07, 6.45) is 2.07. The Bertz CT molecular complexity index is 732. The second-order valence-electron chi connectivity index (χ2n) is 4.80. The Hall–Kier alpha value is -2.14. The third-order valence-electron chi connectivity index (χ3n) is 3.16. The van der Waals surface area contributed by atoms with Gasteiger partial charge in [-0.1, -0.05) is 19.1 Å². The van der Waals surface area contributed by atoms with Crippen LogP contribution in [0.3, 0.4) is 0 Å². The lowest BCUT2D eigenvalue weighted by Gasteiger charge is -2.06. The summed E-state index contributed by atoms with van der Waals surface area (Å²) in [5, 5.41) is 2.74. The van der Waals surface area contributed by atoms with Gasteiger partial charge in [0.15, 0.2) is 9.84 Å². The molecule has 0 fully saturated rings. The summed E-state index contributed by atoms with van der Waals surface area (Å²) >= 11 is 0. The molecule has 5 heteroatoms. The van der Waals surface area contributed by atoms with E-state index in [1.165, 1.54) is 17.7 Å². The largest absolute Gasteiger partial charge is 0.322 e. The van der Waals surface area contributed by atoms with Crippen LogP contribution in [0.2, 0.25) is 0 Å². The highest BCUT2D eigenvalue weighted by Crippen LogP contribution is 2.15. The van der Waals surface area contributed by atoms with Crippen LogP contribution in [0, 0.1) is 0 Å². The zero-order valence-electron chi connectivity index (χ0n) is 12.0. The lowest BCUT2D eigenvalue weighted by Crippen LogP contribution is -2.12. The summed E-state index contributed by atoms with van der Waals surface area (Å²) in [5.41, 5.74) is 2.30. The second-order valence-corrected chi connectivity index (χ2v) is 6.82. The van der Waals surface area contributed by atoms with Crippen molar-refractivity contribution in [2.45, 2.75) is 18.2 Å². The van der Waals surface area contributed by atoms with E-state index < -0.39 is 9.84 Å². The van der Waals surface area contributed by atoms with Crippen molar-refractivity contribution in [3.05, 3.63) is 59.7 Å². The summed E-state index contributed by atoms with van der Waals surface area (Å²) in [4.78, 5) is 12.3. The standard InChI is InChI=1S/C16H17NO3S/c1-3-12-4-6-13(7-5-12)16(18)17-14-8-10-15(11-9-14)21(2,19)20/h4-11H,3H2,1-2H3,(H,17,18). The van der Waals surface area contributed by atoms with Gasteiger partial charge >= 0.3 is 0 Å². The van der Waals surface area contributed by atoms with Gasteiger partial charge in [-0.05, 0) is 48.4 Å². The summed E-state index contributed by atoms with van der Waals surface area (Å²) in [6, 6.07) is 13.5. The van der Waals surface area contributed by atoms with Gasteiger partial charge in [0, 0.05) is 17.5 Å². The van der Waals surface area contributed by atoms with Crippen LogP contribution in [0.4, 0.5) is 5.69 Å². The fraction of sp³-hybridized carbons (Fsp3) is 0.188. The van der Waals surface area contributed by atoms with Gasteiger partial charge < -0.3 is 5.32 Å². The highest BCUT2D eigenvalue weighted by atomic mass is 32.2. The van der Waals surface area contributed by atoms with Crippen LogP contribution in [0.25, 0.3) is 0 Å². The number of rotatable bonds is 4. The van der Waals surface area contributed by atoms with E-state index in [9.17, 15) is 13.2 Å². The number of nitrogens with one attached hydrogen (secondary N) is 1. The molecule has 2 aromatic rings. The molecule has 0 saturated heterocycles. The van der Waals surface area contributed by atoms with Crippen molar-refractivity contribution >= 4 is 21.4 Å². The highest BCUT2D eigenvalue weighted by Gasteiger charge is 2.08. The van der Waals surface area contributed by atoms with Crippen molar-refractivity contribution in [1.82, 2.24) is 0 Å². The van der Waals surface area contributed by atoms with E-state index >= 15 is 0 Å². The summed E-state index contributed by atoms with van der Waals surface area (Å²) in [6.45, 7) is 2.05. The average Bonchev–Trinajstić information content (AvgIpc) is 2.47. The number of amides is 1. The van der Waals surface area contributed by atoms with Crippen molar-refractivity contribution < 1.29 is 13.2 Å². The molecule has 1 amide bonds. The molecular formula is C16H17NO3S. The second kappa shape index (κ2) is 6.10. The summed E-state index contributed by atoms with van der Waals surface area (Å²) in [5.74, 6) is -0.218.